The Morgan fingerprint density at radius 2 is 1.82 bits per heavy atom. The lowest BCUT2D eigenvalue weighted by atomic mass is 9.95. The van der Waals surface area contributed by atoms with Crippen molar-refractivity contribution in [1.29, 1.82) is 0 Å². The second-order valence-electron chi connectivity index (χ2n) is 5.34. The molecule has 1 aromatic carbocycles. The van der Waals surface area contributed by atoms with Gasteiger partial charge in [0.25, 0.3) is 0 Å². The Kier molecular flexibility index (Phi) is 5.95. The molecule has 2 amide bonds. The number of carbonyl (C=O) groups excluding carboxylic acids is 2. The van der Waals surface area contributed by atoms with Crippen LogP contribution in [-0.4, -0.2) is 29.8 Å². The molecule has 0 saturated carbocycles. The summed E-state index contributed by atoms with van der Waals surface area (Å²) >= 11 is 0. The zero-order valence-corrected chi connectivity index (χ0v) is 12.9. The Hall–Kier alpha value is -2.36. The number of piperidine rings is 1. The minimum atomic E-state index is -0.0243. The molecule has 0 bridgehead atoms. The molecule has 1 N–H and O–H groups in total. The maximum atomic E-state index is 12.2. The molecule has 0 unspecified atom stereocenters. The third-order valence-electron chi connectivity index (χ3n) is 3.76. The standard InChI is InChI=1S/C18H22N2O2/c1-2-3-5-10-17(21)20-13-11-15(12-14-20)18(22)19-16-8-6-4-7-9-16/h2-10,15H,11-14H2,1H3,(H,19,22)/b3-2+,10-5+. The molecule has 0 aliphatic carbocycles. The summed E-state index contributed by atoms with van der Waals surface area (Å²) in [5.41, 5.74) is 0.820. The van der Waals surface area contributed by atoms with E-state index in [0.717, 1.165) is 5.69 Å². The largest absolute Gasteiger partial charge is 0.339 e. The van der Waals surface area contributed by atoms with Crippen LogP contribution in [0.15, 0.2) is 54.6 Å². The molecule has 0 aromatic heterocycles. The van der Waals surface area contributed by atoms with Gasteiger partial charge in [0.15, 0.2) is 0 Å². The lowest BCUT2D eigenvalue weighted by molar-refractivity contribution is -0.130. The van der Waals surface area contributed by atoms with E-state index in [9.17, 15) is 9.59 Å². The minimum absolute atomic E-state index is 0.0139. The van der Waals surface area contributed by atoms with Crippen molar-refractivity contribution < 1.29 is 9.59 Å². The van der Waals surface area contributed by atoms with Gasteiger partial charge in [-0.3, -0.25) is 9.59 Å². The summed E-state index contributed by atoms with van der Waals surface area (Å²) in [5, 5.41) is 2.93. The maximum Gasteiger partial charge on any atom is 0.246 e. The summed E-state index contributed by atoms with van der Waals surface area (Å²) in [6.07, 6.45) is 8.45. The summed E-state index contributed by atoms with van der Waals surface area (Å²) in [4.78, 5) is 26.0. The van der Waals surface area contributed by atoms with Crippen molar-refractivity contribution in [2.45, 2.75) is 19.8 Å². The van der Waals surface area contributed by atoms with Crippen molar-refractivity contribution in [1.82, 2.24) is 4.90 Å². The van der Waals surface area contributed by atoms with Crippen LogP contribution in [-0.2, 0) is 9.59 Å². The highest BCUT2D eigenvalue weighted by Crippen LogP contribution is 2.19. The minimum Gasteiger partial charge on any atom is -0.339 e. The number of carbonyl (C=O) groups is 2. The molecule has 2 rings (SSSR count). The number of likely N-dealkylation sites (tertiary alicyclic amines) is 1. The molecule has 0 radical (unpaired) electrons. The van der Waals surface area contributed by atoms with Crippen LogP contribution in [0.25, 0.3) is 0 Å². The number of allylic oxidation sites excluding steroid dienone is 3. The van der Waals surface area contributed by atoms with Gasteiger partial charge in [0.1, 0.15) is 0 Å². The number of hydrogen-bond acceptors (Lipinski definition) is 2. The van der Waals surface area contributed by atoms with E-state index < -0.39 is 0 Å². The summed E-state index contributed by atoms with van der Waals surface area (Å²) < 4.78 is 0. The fraction of sp³-hybridized carbons (Fsp3) is 0.333. The van der Waals surface area contributed by atoms with E-state index in [4.69, 9.17) is 0 Å². The second-order valence-corrected chi connectivity index (χ2v) is 5.34. The van der Waals surface area contributed by atoms with Crippen molar-refractivity contribution in [3.63, 3.8) is 0 Å². The van der Waals surface area contributed by atoms with Crippen LogP contribution in [0, 0.1) is 5.92 Å². The smallest absolute Gasteiger partial charge is 0.246 e. The highest BCUT2D eigenvalue weighted by Gasteiger charge is 2.26. The summed E-state index contributed by atoms with van der Waals surface area (Å²) in [6, 6.07) is 9.47. The number of amides is 2. The van der Waals surface area contributed by atoms with Gasteiger partial charge in [-0.25, -0.2) is 0 Å². The molecular formula is C18H22N2O2. The van der Waals surface area contributed by atoms with Gasteiger partial charge >= 0.3 is 0 Å². The van der Waals surface area contributed by atoms with Crippen LogP contribution in [0.4, 0.5) is 5.69 Å². The monoisotopic (exact) mass is 298 g/mol. The Morgan fingerprint density at radius 3 is 2.45 bits per heavy atom. The van der Waals surface area contributed by atoms with Gasteiger partial charge in [0.05, 0.1) is 0 Å². The SMILES string of the molecule is C/C=C/C=C/C(=O)N1CCC(C(=O)Nc2ccccc2)CC1. The first-order valence-corrected chi connectivity index (χ1v) is 7.65. The van der Waals surface area contributed by atoms with Gasteiger partial charge in [-0.1, -0.05) is 36.4 Å². The predicted molar refractivity (Wildman–Crippen MR) is 88.3 cm³/mol. The van der Waals surface area contributed by atoms with E-state index >= 15 is 0 Å². The molecule has 1 aliphatic rings. The number of benzene rings is 1. The van der Waals surface area contributed by atoms with Crippen LogP contribution >= 0.6 is 0 Å². The van der Waals surface area contributed by atoms with E-state index in [1.54, 1.807) is 17.1 Å². The Balaban J connectivity index is 1.81. The van der Waals surface area contributed by atoms with Gasteiger partial charge in [-0.15, -0.1) is 0 Å². The van der Waals surface area contributed by atoms with E-state index in [0.29, 0.717) is 25.9 Å². The number of hydrogen-bond donors (Lipinski definition) is 1. The topological polar surface area (TPSA) is 49.4 Å². The third kappa shape index (κ3) is 4.58. The number of anilines is 1. The lowest BCUT2D eigenvalue weighted by Crippen LogP contribution is -2.40. The molecule has 1 aromatic rings. The number of rotatable bonds is 4. The average molecular weight is 298 g/mol. The first kappa shape index (κ1) is 16.0. The Morgan fingerprint density at radius 1 is 1.14 bits per heavy atom. The molecule has 1 fully saturated rings. The van der Waals surface area contributed by atoms with Crippen molar-refractivity contribution in [3.05, 3.63) is 54.6 Å². The zero-order chi connectivity index (χ0) is 15.8. The average Bonchev–Trinajstić information content (AvgIpc) is 2.56. The van der Waals surface area contributed by atoms with Crippen LogP contribution in [0.3, 0.4) is 0 Å². The molecule has 4 heteroatoms. The molecule has 0 spiro atoms. The van der Waals surface area contributed by atoms with E-state index in [1.165, 1.54) is 0 Å². The second kappa shape index (κ2) is 8.17. The molecule has 1 saturated heterocycles. The lowest BCUT2D eigenvalue weighted by Gasteiger charge is -2.30. The fourth-order valence-corrected chi connectivity index (χ4v) is 2.48. The van der Waals surface area contributed by atoms with E-state index in [2.05, 4.69) is 5.32 Å². The van der Waals surface area contributed by atoms with Gasteiger partial charge in [-0.2, -0.15) is 0 Å². The number of nitrogens with zero attached hydrogens (tertiary/aromatic N) is 1. The first-order chi connectivity index (χ1) is 10.7. The third-order valence-corrected chi connectivity index (χ3v) is 3.76. The molecule has 1 aliphatic heterocycles. The summed E-state index contributed by atoms with van der Waals surface area (Å²) in [6.45, 7) is 3.17. The normalized spacial score (nSPS) is 16.3. The molecule has 4 nitrogen and oxygen atoms in total. The zero-order valence-electron chi connectivity index (χ0n) is 12.9. The fourth-order valence-electron chi connectivity index (χ4n) is 2.48. The number of para-hydroxylation sites is 1. The summed E-state index contributed by atoms with van der Waals surface area (Å²) in [7, 11) is 0. The molecule has 0 atom stereocenters. The number of nitrogens with one attached hydrogen (secondary N) is 1. The van der Waals surface area contributed by atoms with E-state index in [-0.39, 0.29) is 17.7 Å². The molecule has 1 heterocycles. The van der Waals surface area contributed by atoms with Crippen LogP contribution in [0.1, 0.15) is 19.8 Å². The highest BCUT2D eigenvalue weighted by molar-refractivity contribution is 5.93. The van der Waals surface area contributed by atoms with Gasteiger partial charge < -0.3 is 10.2 Å². The van der Waals surface area contributed by atoms with Crippen molar-refractivity contribution >= 4 is 17.5 Å². The van der Waals surface area contributed by atoms with Crippen molar-refractivity contribution in [2.24, 2.45) is 5.92 Å². The first-order valence-electron chi connectivity index (χ1n) is 7.65. The van der Waals surface area contributed by atoms with Gasteiger partial charge in [-0.05, 0) is 31.9 Å². The predicted octanol–water partition coefficient (Wildman–Crippen LogP) is 3.00. The highest BCUT2D eigenvalue weighted by atomic mass is 16.2. The van der Waals surface area contributed by atoms with Crippen molar-refractivity contribution in [2.75, 3.05) is 18.4 Å². The Labute approximate surface area is 131 Å². The Bertz CT molecular complexity index is 556. The van der Waals surface area contributed by atoms with Crippen LogP contribution in [0.2, 0.25) is 0 Å². The van der Waals surface area contributed by atoms with Crippen LogP contribution < -0.4 is 5.32 Å². The van der Waals surface area contributed by atoms with Crippen LogP contribution in [0.5, 0.6) is 0 Å². The maximum absolute atomic E-state index is 12.2. The van der Waals surface area contributed by atoms with E-state index in [1.807, 2.05) is 49.4 Å². The quantitative estimate of drug-likeness (QED) is 0.686. The molecular weight excluding hydrogens is 276 g/mol. The molecule has 116 valence electrons. The van der Waals surface area contributed by atoms with Gasteiger partial charge in [0, 0.05) is 30.8 Å². The molecule has 22 heavy (non-hydrogen) atoms. The van der Waals surface area contributed by atoms with Gasteiger partial charge in [0.2, 0.25) is 11.8 Å². The summed E-state index contributed by atoms with van der Waals surface area (Å²) in [5.74, 6) is 0.0338. The van der Waals surface area contributed by atoms with Crippen molar-refractivity contribution in [3.8, 4) is 0 Å².